The Morgan fingerprint density at radius 1 is 0.642 bits per heavy atom. The van der Waals surface area contributed by atoms with Gasteiger partial charge in [-0.05, 0) is 50.2 Å². The van der Waals surface area contributed by atoms with Gasteiger partial charge in [-0.2, -0.15) is 36.3 Å². The maximum Gasteiger partial charge on any atom is 0.418 e. The number of nitrogens with one attached hydrogen (secondary N) is 3. The Labute approximate surface area is 453 Å². The highest BCUT2D eigenvalue weighted by Crippen LogP contribution is 2.35. The van der Waals surface area contributed by atoms with E-state index in [1.807, 2.05) is 0 Å². The first-order valence-corrected chi connectivity index (χ1v) is 23.9. The molecule has 0 aliphatic carbocycles. The summed E-state index contributed by atoms with van der Waals surface area (Å²) in [5.41, 5.74) is -3.96. The molecule has 2 amide bonds. The zero-order valence-corrected chi connectivity index (χ0v) is 43.6. The number of aryl methyl sites for hydroxylation is 6. The van der Waals surface area contributed by atoms with Crippen LogP contribution in [0.1, 0.15) is 45.9 Å². The summed E-state index contributed by atoms with van der Waals surface area (Å²) in [6.45, 7) is 4.88. The second kappa shape index (κ2) is 23.1. The summed E-state index contributed by atoms with van der Waals surface area (Å²) >= 11 is 5.36. The number of hydrogen-bond acceptors (Lipinski definition) is 18. The molecule has 0 radical (unpaired) electrons. The number of H-pyrrole nitrogens is 1. The first-order chi connectivity index (χ1) is 38.3. The largest absolute Gasteiger partial charge is 0.418 e. The Bertz CT molecular complexity index is 4270. The van der Waals surface area contributed by atoms with Crippen LogP contribution in [0.15, 0.2) is 102 Å². The predicted octanol–water partition coefficient (Wildman–Crippen LogP) is 5.02. The van der Waals surface area contributed by atoms with Crippen molar-refractivity contribution in [1.82, 2.24) is 78.0 Å². The minimum Gasteiger partial charge on any atom is -0.340 e. The van der Waals surface area contributed by atoms with Crippen LogP contribution in [0.2, 0.25) is 0 Å². The summed E-state index contributed by atoms with van der Waals surface area (Å²) in [5.74, 6) is 0.801. The van der Waals surface area contributed by atoms with Gasteiger partial charge < -0.3 is 28.8 Å². The Balaban J connectivity index is 0.000000189. The molecule has 10 aromatic heterocycles. The molecule has 0 aliphatic rings. The predicted molar refractivity (Wildman–Crippen MR) is 273 cm³/mol. The zero-order valence-electron chi connectivity index (χ0n) is 42.9. The molecule has 0 bridgehead atoms. The fourth-order valence-corrected chi connectivity index (χ4v) is 7.86. The van der Waals surface area contributed by atoms with Crippen LogP contribution in [0.5, 0.6) is 0 Å². The molecule has 0 fully saturated rings. The van der Waals surface area contributed by atoms with Crippen LogP contribution < -0.4 is 33.1 Å². The van der Waals surface area contributed by atoms with Gasteiger partial charge in [0.1, 0.15) is 24.7 Å². The number of anilines is 2. The highest BCUT2D eigenvalue weighted by molar-refractivity contribution is 6.16. The van der Waals surface area contributed by atoms with Crippen molar-refractivity contribution < 1.29 is 45.0 Å². The lowest BCUT2D eigenvalue weighted by molar-refractivity contribution is -0.139. The van der Waals surface area contributed by atoms with Crippen molar-refractivity contribution in [2.24, 2.45) is 14.1 Å². The molecule has 0 atom stereocenters. The third-order valence-corrected chi connectivity index (χ3v) is 11.8. The molecular weight excluding hydrogens is 1110 g/mol. The van der Waals surface area contributed by atoms with Crippen molar-refractivity contribution in [2.75, 3.05) is 10.6 Å². The molecule has 10 heterocycles. The molecule has 0 unspecified atom stereocenters. The molecular formula is C48H41ClF6N18O8. The van der Waals surface area contributed by atoms with Gasteiger partial charge in [0.2, 0.25) is 23.6 Å². The van der Waals surface area contributed by atoms with Crippen molar-refractivity contribution >= 4 is 57.4 Å². The van der Waals surface area contributed by atoms with E-state index in [9.17, 15) is 55.1 Å². The molecule has 0 saturated heterocycles. The Morgan fingerprint density at radius 3 is 1.56 bits per heavy atom. The van der Waals surface area contributed by atoms with Crippen LogP contribution in [0.3, 0.4) is 0 Å². The fourth-order valence-electron chi connectivity index (χ4n) is 7.75. The van der Waals surface area contributed by atoms with Gasteiger partial charge in [0.25, 0.3) is 11.1 Å². The molecule has 0 aromatic carbocycles. The molecule has 10 rings (SSSR count). The van der Waals surface area contributed by atoms with Crippen LogP contribution in [0, 0.1) is 27.7 Å². The Morgan fingerprint density at radius 2 is 1.11 bits per heavy atom. The normalized spacial score (nSPS) is 11.5. The summed E-state index contributed by atoms with van der Waals surface area (Å²) in [5, 5.41) is 12.3. The van der Waals surface area contributed by atoms with E-state index in [0.29, 0.717) is 17.6 Å². The van der Waals surface area contributed by atoms with Crippen LogP contribution in [0.4, 0.5) is 38.0 Å². The highest BCUT2D eigenvalue weighted by Gasteiger charge is 2.34. The number of imidazole rings is 2. The van der Waals surface area contributed by atoms with E-state index in [-0.39, 0.29) is 99.2 Å². The lowest BCUT2D eigenvalue weighted by atomic mass is 10.1. The van der Waals surface area contributed by atoms with Crippen molar-refractivity contribution in [2.45, 2.75) is 65.6 Å². The number of aromatic nitrogens is 16. The first-order valence-electron chi connectivity index (χ1n) is 23.3. The lowest BCUT2D eigenvalue weighted by Gasteiger charge is -2.12. The third kappa shape index (κ3) is 13.0. The topological polar surface area (TPSA) is 322 Å². The van der Waals surface area contributed by atoms with Crippen molar-refractivity contribution in [3.63, 3.8) is 0 Å². The number of hydrogen-bond donors (Lipinski definition) is 3. The van der Waals surface area contributed by atoms with Gasteiger partial charge in [0.15, 0.2) is 34.0 Å². The van der Waals surface area contributed by atoms with E-state index >= 15 is 0 Å². The highest BCUT2D eigenvalue weighted by atomic mass is 35.5. The number of rotatable bonds is 11. The first kappa shape index (κ1) is 57.2. The van der Waals surface area contributed by atoms with Crippen LogP contribution >= 0.6 is 11.6 Å². The quantitative estimate of drug-likeness (QED) is 0.113. The SMILES string of the molecule is Cc1nc(CCl)no1.Cc1nc(Cn2c(=O)c3c(ncn3CC(=O)Nc3cccc(-c4cnc(C)c(C(F)(F)F)c4)n3)n(C)c2=O)no1.Cc1ncc(-c2cccc(NC(=O)Cn3cnc4c3c(=O)[nH]c(=O)n4C)n2)cc1C(F)(F)F. The van der Waals surface area contributed by atoms with Gasteiger partial charge in [0, 0.05) is 62.9 Å². The van der Waals surface area contributed by atoms with E-state index in [0.717, 1.165) is 25.8 Å². The minimum atomic E-state index is -4.58. The van der Waals surface area contributed by atoms with Gasteiger partial charge in [0.05, 0.1) is 47.6 Å². The second-order valence-corrected chi connectivity index (χ2v) is 17.6. The summed E-state index contributed by atoms with van der Waals surface area (Å²) in [4.78, 5) is 109. The average molecular weight is 1150 g/mol. The number of carbonyl (C=O) groups excluding carboxylic acids is 2. The molecule has 26 nitrogen and oxygen atoms in total. The van der Waals surface area contributed by atoms with Gasteiger partial charge in [-0.1, -0.05) is 22.4 Å². The number of halogens is 7. The van der Waals surface area contributed by atoms with Gasteiger partial charge in [-0.3, -0.25) is 47.8 Å². The van der Waals surface area contributed by atoms with Gasteiger partial charge in [-0.25, -0.2) is 29.5 Å². The number of carbonyl (C=O) groups is 2. The Kier molecular flexibility index (Phi) is 16.3. The number of amides is 2. The number of pyridine rings is 4. The van der Waals surface area contributed by atoms with E-state index < -0.39 is 57.8 Å². The van der Waals surface area contributed by atoms with Gasteiger partial charge in [-0.15, -0.1) is 11.6 Å². The molecule has 0 aliphatic heterocycles. The van der Waals surface area contributed by atoms with E-state index in [4.69, 9.17) is 16.1 Å². The smallest absolute Gasteiger partial charge is 0.340 e. The summed E-state index contributed by atoms with van der Waals surface area (Å²) in [6, 6.07) is 10.8. The summed E-state index contributed by atoms with van der Waals surface area (Å²) in [6.07, 6.45) is -4.12. The average Bonchev–Trinajstić information content (AvgIpc) is 4.43. The monoisotopic (exact) mass is 1150 g/mol. The maximum atomic E-state index is 13.3. The van der Waals surface area contributed by atoms with Crippen LogP contribution in [-0.2, 0) is 61.6 Å². The summed E-state index contributed by atoms with van der Waals surface area (Å²) in [7, 11) is 2.86. The standard InChI is InChI=1S/C24H20F3N9O4.C20H16F3N7O3.C4H5ClN2O/c1-12-15(24(25,26)27)7-14(8-28-12)16-5-4-6-17(31-16)32-19(37)10-35-11-29-21-20(35)22(38)36(23(39)34(21)3)9-18-30-13(2)40-33-18;1-10-12(20(21,22)23)6-11(7-24-10)13-4-3-5-14(26-13)27-15(31)8-30-9-25-17-16(30)18(32)28-19(33)29(17)2;1-3-6-4(2-5)7-8-3/h4-8,11H,9-10H2,1-3H3,(H,31,32,37);3-7,9H,8H2,1-2H3,(H,26,27,31)(H,28,32,33);2H2,1H3. The van der Waals surface area contributed by atoms with E-state index in [2.05, 4.69) is 70.3 Å². The molecule has 420 valence electrons. The van der Waals surface area contributed by atoms with E-state index in [1.165, 1.54) is 98.5 Å². The molecule has 0 spiro atoms. The fraction of sp³-hybridized carbons (Fsp3) is 0.250. The summed E-state index contributed by atoms with van der Waals surface area (Å²) < 4.78 is 94.8. The van der Waals surface area contributed by atoms with Crippen molar-refractivity contribution in [1.29, 1.82) is 0 Å². The van der Waals surface area contributed by atoms with Crippen molar-refractivity contribution in [3.8, 4) is 22.5 Å². The second-order valence-electron chi connectivity index (χ2n) is 17.4. The third-order valence-electron chi connectivity index (χ3n) is 11.6. The van der Waals surface area contributed by atoms with Gasteiger partial charge >= 0.3 is 23.7 Å². The number of alkyl halides is 7. The molecule has 10 aromatic rings. The maximum absolute atomic E-state index is 13.3. The zero-order chi connectivity index (χ0) is 58.7. The van der Waals surface area contributed by atoms with E-state index in [1.54, 1.807) is 13.8 Å². The minimum absolute atomic E-state index is 0.00964. The number of nitrogens with zero attached hydrogens (tertiary/aromatic N) is 15. The molecule has 33 heteroatoms. The lowest BCUT2D eigenvalue weighted by Crippen LogP contribution is -2.40. The molecule has 81 heavy (non-hydrogen) atoms. The molecule has 0 saturated carbocycles. The Hall–Kier alpha value is -10.0. The van der Waals surface area contributed by atoms with Crippen LogP contribution in [0.25, 0.3) is 44.8 Å². The number of fused-ring (bicyclic) bond motifs is 2. The van der Waals surface area contributed by atoms with Crippen LogP contribution in [-0.4, -0.2) is 89.8 Å². The molecule has 3 N–H and O–H groups in total. The van der Waals surface area contributed by atoms with Crippen molar-refractivity contribution in [3.05, 3.63) is 161 Å². The number of aromatic amines is 1.